The fourth-order valence-electron chi connectivity index (χ4n) is 1.67. The smallest absolute Gasteiger partial charge is 0.139 e. The van der Waals surface area contributed by atoms with E-state index in [4.69, 9.17) is 37.9 Å². The largest absolute Gasteiger partial charge is 0.489 e. The summed E-state index contributed by atoms with van der Waals surface area (Å²) < 4.78 is 11.1. The number of nitrogens with zero attached hydrogens (tertiary/aromatic N) is 1. The van der Waals surface area contributed by atoms with Gasteiger partial charge >= 0.3 is 0 Å². The molecule has 6 heteroatoms. The molecular weight excluding hydrogens is 313 g/mol. The predicted molar refractivity (Wildman–Crippen MR) is 83.3 cm³/mol. The van der Waals surface area contributed by atoms with E-state index in [1.165, 1.54) is 6.21 Å². The van der Waals surface area contributed by atoms with Crippen LogP contribution in [0, 0.1) is 0 Å². The summed E-state index contributed by atoms with van der Waals surface area (Å²) in [4.78, 5) is 0. The van der Waals surface area contributed by atoms with Crippen molar-refractivity contribution in [2.45, 2.75) is 0 Å². The average molecular weight is 326 g/mol. The van der Waals surface area contributed by atoms with Gasteiger partial charge in [0.05, 0.1) is 11.2 Å². The monoisotopic (exact) mass is 325 g/mol. The van der Waals surface area contributed by atoms with Crippen LogP contribution in [-0.2, 0) is 0 Å². The Balaban J connectivity index is 1.89. The number of oxime groups is 1. The van der Waals surface area contributed by atoms with Gasteiger partial charge in [0.15, 0.2) is 0 Å². The number of benzene rings is 2. The highest BCUT2D eigenvalue weighted by Gasteiger charge is 2.04. The summed E-state index contributed by atoms with van der Waals surface area (Å²) in [5.41, 5.74) is 0.681. The molecule has 4 nitrogen and oxygen atoms in total. The molecule has 2 aromatic rings. The van der Waals surface area contributed by atoms with E-state index in [-0.39, 0.29) is 0 Å². The first-order valence-corrected chi connectivity index (χ1v) is 6.93. The van der Waals surface area contributed by atoms with E-state index in [1.807, 2.05) is 12.1 Å². The van der Waals surface area contributed by atoms with Crippen LogP contribution in [0.2, 0.25) is 10.0 Å². The third-order valence-electron chi connectivity index (χ3n) is 2.61. The van der Waals surface area contributed by atoms with E-state index in [0.717, 1.165) is 0 Å². The number of halogens is 2. The molecule has 110 valence electrons. The van der Waals surface area contributed by atoms with Crippen LogP contribution in [-0.4, -0.2) is 24.6 Å². The maximum atomic E-state index is 8.58. The Morgan fingerprint density at radius 2 is 1.71 bits per heavy atom. The van der Waals surface area contributed by atoms with Crippen LogP contribution in [0.3, 0.4) is 0 Å². The Bertz CT molecular complexity index is 632. The van der Waals surface area contributed by atoms with Crippen molar-refractivity contribution in [3.05, 3.63) is 58.1 Å². The van der Waals surface area contributed by atoms with Gasteiger partial charge < -0.3 is 14.7 Å². The molecule has 21 heavy (non-hydrogen) atoms. The molecule has 0 aliphatic heterocycles. The van der Waals surface area contributed by atoms with Gasteiger partial charge in [-0.2, -0.15) is 0 Å². The maximum absolute atomic E-state index is 8.58. The normalized spacial score (nSPS) is 10.8. The second-order valence-electron chi connectivity index (χ2n) is 4.05. The predicted octanol–water partition coefficient (Wildman–Crippen LogP) is 4.26. The van der Waals surface area contributed by atoms with Crippen molar-refractivity contribution in [1.82, 2.24) is 0 Å². The van der Waals surface area contributed by atoms with Gasteiger partial charge in [0.1, 0.15) is 24.7 Å². The zero-order valence-corrected chi connectivity index (χ0v) is 12.5. The van der Waals surface area contributed by atoms with Crippen LogP contribution in [0.1, 0.15) is 5.56 Å². The molecule has 0 aliphatic carbocycles. The first-order chi connectivity index (χ1) is 10.2. The summed E-state index contributed by atoms with van der Waals surface area (Å²) in [5, 5.41) is 12.6. The number of ether oxygens (including phenoxy) is 2. The number of hydrogen-bond donors (Lipinski definition) is 1. The minimum Gasteiger partial charge on any atom is -0.489 e. The van der Waals surface area contributed by atoms with Gasteiger partial charge in [0.25, 0.3) is 0 Å². The van der Waals surface area contributed by atoms with Crippen LogP contribution in [0.15, 0.2) is 47.6 Å². The Morgan fingerprint density at radius 1 is 1.00 bits per heavy atom. The highest BCUT2D eigenvalue weighted by Crippen LogP contribution is 2.27. The van der Waals surface area contributed by atoms with E-state index in [0.29, 0.717) is 40.3 Å². The van der Waals surface area contributed by atoms with E-state index in [9.17, 15) is 0 Å². The van der Waals surface area contributed by atoms with Crippen molar-refractivity contribution in [2.75, 3.05) is 13.2 Å². The van der Waals surface area contributed by atoms with Crippen molar-refractivity contribution < 1.29 is 14.7 Å². The summed E-state index contributed by atoms with van der Waals surface area (Å²) >= 11 is 11.9. The van der Waals surface area contributed by atoms with Crippen LogP contribution < -0.4 is 9.47 Å². The first kappa shape index (κ1) is 15.5. The highest BCUT2D eigenvalue weighted by molar-refractivity contribution is 6.34. The van der Waals surface area contributed by atoms with Gasteiger partial charge in [-0.15, -0.1) is 0 Å². The molecule has 0 amide bonds. The fraction of sp³-hybridized carbons (Fsp3) is 0.133. The van der Waals surface area contributed by atoms with Gasteiger partial charge in [-0.25, -0.2) is 0 Å². The molecule has 0 heterocycles. The fourth-order valence-corrected chi connectivity index (χ4v) is 2.01. The summed E-state index contributed by atoms with van der Waals surface area (Å²) in [6.07, 6.45) is 1.31. The molecule has 0 aliphatic rings. The zero-order chi connectivity index (χ0) is 15.1. The van der Waals surface area contributed by atoms with Crippen molar-refractivity contribution >= 4 is 29.4 Å². The van der Waals surface area contributed by atoms with Crippen molar-refractivity contribution in [3.63, 3.8) is 0 Å². The molecule has 0 atom stereocenters. The van der Waals surface area contributed by atoms with Crippen LogP contribution in [0.4, 0.5) is 0 Å². The van der Waals surface area contributed by atoms with Crippen molar-refractivity contribution in [1.29, 1.82) is 0 Å². The molecular formula is C15H13Cl2NO3. The Kier molecular flexibility index (Phi) is 5.72. The average Bonchev–Trinajstić information content (AvgIpc) is 2.49. The van der Waals surface area contributed by atoms with Crippen LogP contribution >= 0.6 is 23.2 Å². The molecule has 0 bridgehead atoms. The Morgan fingerprint density at radius 3 is 2.48 bits per heavy atom. The SMILES string of the molecule is O/N=C/c1ccccc1OCCOc1cc(Cl)ccc1Cl. The highest BCUT2D eigenvalue weighted by atomic mass is 35.5. The second kappa shape index (κ2) is 7.76. The first-order valence-electron chi connectivity index (χ1n) is 6.18. The Labute approximate surface area is 132 Å². The van der Waals surface area contributed by atoms with E-state index in [2.05, 4.69) is 5.16 Å². The van der Waals surface area contributed by atoms with E-state index >= 15 is 0 Å². The lowest BCUT2D eigenvalue weighted by Gasteiger charge is -2.11. The lowest BCUT2D eigenvalue weighted by Crippen LogP contribution is -2.10. The topological polar surface area (TPSA) is 51.1 Å². The molecule has 1 N–H and O–H groups in total. The molecule has 2 aromatic carbocycles. The number of para-hydroxylation sites is 1. The minimum atomic E-state index is 0.310. The molecule has 0 saturated carbocycles. The van der Waals surface area contributed by atoms with E-state index in [1.54, 1.807) is 30.3 Å². The van der Waals surface area contributed by atoms with Crippen LogP contribution in [0.25, 0.3) is 0 Å². The Hall–Kier alpha value is -1.91. The molecule has 0 aromatic heterocycles. The van der Waals surface area contributed by atoms with Gasteiger partial charge in [-0.1, -0.05) is 40.5 Å². The van der Waals surface area contributed by atoms with Gasteiger partial charge in [-0.05, 0) is 24.3 Å². The van der Waals surface area contributed by atoms with Gasteiger partial charge in [0, 0.05) is 16.7 Å². The number of hydrogen-bond acceptors (Lipinski definition) is 4. The molecule has 0 radical (unpaired) electrons. The summed E-state index contributed by atoms with van der Waals surface area (Å²) in [6.45, 7) is 0.629. The summed E-state index contributed by atoms with van der Waals surface area (Å²) in [7, 11) is 0. The third-order valence-corrected chi connectivity index (χ3v) is 3.15. The minimum absolute atomic E-state index is 0.310. The molecule has 0 fully saturated rings. The quantitative estimate of drug-likeness (QED) is 0.373. The van der Waals surface area contributed by atoms with Crippen molar-refractivity contribution in [2.24, 2.45) is 5.16 Å². The lowest BCUT2D eigenvalue weighted by molar-refractivity contribution is 0.217. The molecule has 0 spiro atoms. The van der Waals surface area contributed by atoms with Crippen LogP contribution in [0.5, 0.6) is 11.5 Å². The van der Waals surface area contributed by atoms with Crippen molar-refractivity contribution in [3.8, 4) is 11.5 Å². The second-order valence-corrected chi connectivity index (χ2v) is 4.90. The molecule has 0 unspecified atom stereocenters. The lowest BCUT2D eigenvalue weighted by atomic mass is 10.2. The maximum Gasteiger partial charge on any atom is 0.139 e. The van der Waals surface area contributed by atoms with E-state index < -0.39 is 0 Å². The van der Waals surface area contributed by atoms with Gasteiger partial charge in [-0.3, -0.25) is 0 Å². The summed E-state index contributed by atoms with van der Waals surface area (Å²) in [6, 6.07) is 12.2. The standard InChI is InChI=1S/C15H13Cl2NO3/c16-12-5-6-13(17)15(9-12)21-8-7-20-14-4-2-1-3-11(14)10-18-19/h1-6,9-10,19H,7-8H2/b18-10+. The zero-order valence-electron chi connectivity index (χ0n) is 11.0. The van der Waals surface area contributed by atoms with Gasteiger partial charge in [0.2, 0.25) is 0 Å². The number of rotatable bonds is 6. The summed E-state index contributed by atoms with van der Waals surface area (Å²) in [5.74, 6) is 1.12. The third kappa shape index (κ3) is 4.55. The molecule has 2 rings (SSSR count). The molecule has 0 saturated heterocycles.